The van der Waals surface area contributed by atoms with Crippen LogP contribution in [0, 0.1) is 18.8 Å². The van der Waals surface area contributed by atoms with Crippen LogP contribution in [0.3, 0.4) is 0 Å². The summed E-state index contributed by atoms with van der Waals surface area (Å²) in [6.45, 7) is 2.08. The molecule has 2 bridgehead atoms. The normalized spacial score (nSPS) is 27.8. The van der Waals surface area contributed by atoms with Crippen LogP contribution in [0.15, 0.2) is 48.6 Å². The lowest BCUT2D eigenvalue weighted by Gasteiger charge is -2.25. The fraction of sp³-hybridized carbons (Fsp3) is 0.542. The fourth-order valence-corrected chi connectivity index (χ4v) is 4.52. The number of hydrogen-bond acceptors (Lipinski definition) is 3. The highest BCUT2D eigenvalue weighted by molar-refractivity contribution is 5.66. The summed E-state index contributed by atoms with van der Waals surface area (Å²) in [5.41, 5.74) is 2.40. The minimum Gasteiger partial charge on any atom is -0.481 e. The van der Waals surface area contributed by atoms with E-state index in [0.717, 1.165) is 25.7 Å². The molecule has 0 aliphatic carbocycles. The van der Waals surface area contributed by atoms with Crippen molar-refractivity contribution in [3.05, 3.63) is 59.7 Å². The minimum atomic E-state index is -0.732. The average Bonchev–Trinajstić information content (AvgIpc) is 3.26. The summed E-state index contributed by atoms with van der Waals surface area (Å²) in [6.07, 6.45) is 14.1. The number of allylic oxidation sites excluding steroid dienone is 2. The molecule has 0 amide bonds. The third-order valence-corrected chi connectivity index (χ3v) is 6.07. The van der Waals surface area contributed by atoms with Crippen molar-refractivity contribution in [2.75, 3.05) is 0 Å². The van der Waals surface area contributed by atoms with E-state index >= 15 is 0 Å². The molecule has 3 rings (SSSR count). The van der Waals surface area contributed by atoms with E-state index in [-0.39, 0.29) is 12.5 Å². The number of carboxylic acid groups (broad SMARTS) is 1. The fourth-order valence-electron chi connectivity index (χ4n) is 4.52. The molecule has 0 spiro atoms. The van der Waals surface area contributed by atoms with Crippen molar-refractivity contribution < 1.29 is 19.7 Å². The standard InChI is InChI=1S/C24H32O4/c1-17-8-6-7-9-18(17)16-19(25)12-13-21-20(22-14-15-23(21)28-22)10-4-2-3-5-11-24(26)27/h2,4,6-9,12-13,19-23,25H,3,5,10-11,14-16H2,1H3,(H,26,27)/t19?,20-,21+,22-,23+/m1/s1. The zero-order valence-corrected chi connectivity index (χ0v) is 16.7. The molecule has 0 aromatic heterocycles. The molecule has 28 heavy (non-hydrogen) atoms. The van der Waals surface area contributed by atoms with Gasteiger partial charge in [-0.25, -0.2) is 0 Å². The molecule has 1 aromatic carbocycles. The van der Waals surface area contributed by atoms with E-state index in [4.69, 9.17) is 9.84 Å². The summed E-state index contributed by atoms with van der Waals surface area (Å²) >= 11 is 0. The van der Waals surface area contributed by atoms with Crippen molar-refractivity contribution in [3.8, 4) is 0 Å². The molecule has 1 unspecified atom stereocenters. The Labute approximate surface area is 167 Å². The molecule has 2 saturated heterocycles. The van der Waals surface area contributed by atoms with Crippen LogP contribution in [0.5, 0.6) is 0 Å². The van der Waals surface area contributed by atoms with Gasteiger partial charge >= 0.3 is 5.97 Å². The maximum absolute atomic E-state index is 10.6. The molecule has 2 fully saturated rings. The van der Waals surface area contributed by atoms with Crippen LogP contribution in [0.25, 0.3) is 0 Å². The molecule has 0 saturated carbocycles. The largest absolute Gasteiger partial charge is 0.481 e. The average molecular weight is 385 g/mol. The van der Waals surface area contributed by atoms with Gasteiger partial charge in [0.15, 0.2) is 0 Å². The maximum atomic E-state index is 10.6. The maximum Gasteiger partial charge on any atom is 0.303 e. The Bertz CT molecular complexity index is 708. The van der Waals surface area contributed by atoms with E-state index in [1.54, 1.807) is 0 Å². The monoisotopic (exact) mass is 384 g/mol. The van der Waals surface area contributed by atoms with Crippen molar-refractivity contribution >= 4 is 5.97 Å². The van der Waals surface area contributed by atoms with E-state index in [1.807, 2.05) is 18.2 Å². The van der Waals surface area contributed by atoms with Crippen LogP contribution >= 0.6 is 0 Å². The third-order valence-electron chi connectivity index (χ3n) is 6.07. The first-order valence-electron chi connectivity index (χ1n) is 10.5. The Morgan fingerprint density at radius 2 is 2.04 bits per heavy atom. The molecule has 2 heterocycles. The zero-order valence-electron chi connectivity index (χ0n) is 16.7. The Hall–Kier alpha value is -1.91. The number of benzene rings is 1. The van der Waals surface area contributed by atoms with Gasteiger partial charge in [-0.2, -0.15) is 0 Å². The Morgan fingerprint density at radius 3 is 2.82 bits per heavy atom. The first-order chi connectivity index (χ1) is 13.5. The number of unbranched alkanes of at least 4 members (excludes halogenated alkanes) is 1. The van der Waals surface area contributed by atoms with Crippen molar-refractivity contribution in [3.63, 3.8) is 0 Å². The van der Waals surface area contributed by atoms with Gasteiger partial charge in [0, 0.05) is 18.8 Å². The number of carbonyl (C=O) groups is 1. The topological polar surface area (TPSA) is 66.8 Å². The molecule has 5 atom stereocenters. The molecule has 0 radical (unpaired) electrons. The number of aryl methyl sites for hydroxylation is 1. The van der Waals surface area contributed by atoms with E-state index in [2.05, 4.69) is 37.3 Å². The van der Waals surface area contributed by atoms with Crippen molar-refractivity contribution in [1.29, 1.82) is 0 Å². The first-order valence-corrected chi connectivity index (χ1v) is 10.5. The molecule has 152 valence electrons. The summed E-state index contributed by atoms with van der Waals surface area (Å²) in [4.78, 5) is 10.6. The van der Waals surface area contributed by atoms with Crippen LogP contribution < -0.4 is 0 Å². The minimum absolute atomic E-state index is 0.228. The van der Waals surface area contributed by atoms with Crippen molar-refractivity contribution in [2.24, 2.45) is 11.8 Å². The van der Waals surface area contributed by atoms with Gasteiger partial charge in [0.1, 0.15) is 0 Å². The van der Waals surface area contributed by atoms with Gasteiger partial charge in [0.2, 0.25) is 0 Å². The molecule has 2 N–H and O–H groups in total. The molecule has 1 aromatic rings. The van der Waals surface area contributed by atoms with Crippen LogP contribution in [0.2, 0.25) is 0 Å². The molecule has 4 heteroatoms. The van der Waals surface area contributed by atoms with Crippen LogP contribution in [-0.4, -0.2) is 34.5 Å². The summed E-state index contributed by atoms with van der Waals surface area (Å²) in [5.74, 6) is 0.0784. The van der Waals surface area contributed by atoms with E-state index < -0.39 is 12.1 Å². The van der Waals surface area contributed by atoms with E-state index in [0.29, 0.717) is 30.8 Å². The van der Waals surface area contributed by atoms with Gasteiger partial charge in [0.25, 0.3) is 0 Å². The van der Waals surface area contributed by atoms with Gasteiger partial charge in [-0.3, -0.25) is 4.79 Å². The number of aliphatic hydroxyl groups excluding tert-OH is 1. The van der Waals surface area contributed by atoms with Gasteiger partial charge in [-0.1, -0.05) is 48.6 Å². The molecule has 4 nitrogen and oxygen atoms in total. The quantitative estimate of drug-likeness (QED) is 0.462. The molecular formula is C24H32O4. The first kappa shape index (κ1) is 20.8. The van der Waals surface area contributed by atoms with Crippen molar-refractivity contribution in [1.82, 2.24) is 0 Å². The predicted molar refractivity (Wildman–Crippen MR) is 110 cm³/mol. The number of aliphatic carboxylic acids is 1. The van der Waals surface area contributed by atoms with Crippen LogP contribution in [-0.2, 0) is 16.0 Å². The smallest absolute Gasteiger partial charge is 0.303 e. The van der Waals surface area contributed by atoms with Gasteiger partial charge in [-0.05, 0) is 56.1 Å². The number of hydrogen-bond donors (Lipinski definition) is 2. The van der Waals surface area contributed by atoms with Gasteiger partial charge in [0.05, 0.1) is 18.3 Å². The Morgan fingerprint density at radius 1 is 1.25 bits per heavy atom. The highest BCUT2D eigenvalue weighted by atomic mass is 16.5. The Balaban J connectivity index is 1.52. The van der Waals surface area contributed by atoms with Gasteiger partial charge in [-0.15, -0.1) is 0 Å². The summed E-state index contributed by atoms with van der Waals surface area (Å²) < 4.78 is 6.13. The van der Waals surface area contributed by atoms with Crippen LogP contribution in [0.1, 0.15) is 49.7 Å². The highest BCUT2D eigenvalue weighted by Crippen LogP contribution is 2.45. The predicted octanol–water partition coefficient (Wildman–Crippen LogP) is 4.45. The summed E-state index contributed by atoms with van der Waals surface area (Å²) in [7, 11) is 0. The van der Waals surface area contributed by atoms with Crippen molar-refractivity contribution in [2.45, 2.75) is 70.2 Å². The highest BCUT2D eigenvalue weighted by Gasteiger charge is 2.46. The second kappa shape index (κ2) is 10.0. The lowest BCUT2D eigenvalue weighted by Crippen LogP contribution is -2.25. The van der Waals surface area contributed by atoms with Gasteiger partial charge < -0.3 is 14.9 Å². The van der Waals surface area contributed by atoms with E-state index in [1.165, 1.54) is 11.1 Å². The molecular weight excluding hydrogens is 352 g/mol. The SMILES string of the molecule is Cc1ccccc1CC(O)C=C[C@H]1[C@@H](CC=CCCCC(=O)O)[C@H]2CC[C@@H]1O2. The number of fused-ring (bicyclic) bond motifs is 2. The Kier molecular flexibility index (Phi) is 7.46. The lowest BCUT2D eigenvalue weighted by molar-refractivity contribution is -0.137. The van der Waals surface area contributed by atoms with E-state index in [9.17, 15) is 9.90 Å². The summed E-state index contributed by atoms with van der Waals surface area (Å²) in [6, 6.07) is 8.19. The second-order valence-electron chi connectivity index (χ2n) is 8.11. The number of ether oxygens (including phenoxy) is 1. The number of carboxylic acids is 1. The molecule has 2 aliphatic heterocycles. The zero-order chi connectivity index (χ0) is 19.9. The number of rotatable bonds is 10. The van der Waals surface area contributed by atoms with Crippen LogP contribution in [0.4, 0.5) is 0 Å². The molecule has 2 aliphatic rings. The number of aliphatic hydroxyl groups is 1. The third kappa shape index (κ3) is 5.55. The lowest BCUT2D eigenvalue weighted by atomic mass is 9.77. The summed E-state index contributed by atoms with van der Waals surface area (Å²) in [5, 5.41) is 19.2. The second-order valence-corrected chi connectivity index (χ2v) is 8.11.